The predicted octanol–water partition coefficient (Wildman–Crippen LogP) is 4.19. The highest BCUT2D eigenvalue weighted by molar-refractivity contribution is 7.96. The van der Waals surface area contributed by atoms with Crippen LogP contribution in [0.2, 0.25) is 0 Å². The minimum absolute atomic E-state index is 0.667. The van der Waals surface area contributed by atoms with Crippen LogP contribution in [0.5, 0.6) is 0 Å². The van der Waals surface area contributed by atoms with Crippen molar-refractivity contribution in [1.29, 1.82) is 0 Å². The van der Waals surface area contributed by atoms with Gasteiger partial charge in [0.15, 0.2) is 0 Å². The summed E-state index contributed by atoms with van der Waals surface area (Å²) in [6.45, 7) is 10.4. The Labute approximate surface area is 94.8 Å². The number of rotatable bonds is 8. The molecule has 0 bridgehead atoms. The molecule has 0 radical (unpaired) electrons. The molecule has 14 heavy (non-hydrogen) atoms. The van der Waals surface area contributed by atoms with E-state index in [2.05, 4.69) is 38.3 Å². The first-order chi connectivity index (χ1) is 6.65. The molecule has 0 aliphatic rings. The molecule has 0 N–H and O–H groups in total. The zero-order chi connectivity index (χ0) is 11.0. The molecule has 1 nitrogen and oxygen atoms in total. The molecule has 1 unspecified atom stereocenters. The molecule has 0 spiro atoms. The van der Waals surface area contributed by atoms with Gasteiger partial charge in [-0.1, -0.05) is 45.1 Å². The number of hydrogen-bond acceptors (Lipinski definition) is 2. The van der Waals surface area contributed by atoms with E-state index in [1.807, 2.05) is 11.9 Å². The Morgan fingerprint density at radius 3 is 2.21 bits per heavy atom. The van der Waals surface area contributed by atoms with Gasteiger partial charge >= 0.3 is 0 Å². The van der Waals surface area contributed by atoms with Crippen LogP contribution in [0, 0.1) is 5.92 Å². The van der Waals surface area contributed by atoms with Crippen LogP contribution >= 0.6 is 11.9 Å². The van der Waals surface area contributed by atoms with Crippen molar-refractivity contribution in [2.75, 3.05) is 12.8 Å². The predicted molar refractivity (Wildman–Crippen MR) is 68.7 cm³/mol. The largest absolute Gasteiger partial charge is 0.248 e. The number of nitrogens with zero attached hydrogens (tertiary/aromatic N) is 1. The molecule has 0 aliphatic heterocycles. The summed E-state index contributed by atoms with van der Waals surface area (Å²) in [6.07, 6.45) is 7.63. The molecule has 0 aromatic heterocycles. The molecule has 0 amide bonds. The van der Waals surface area contributed by atoms with E-state index in [4.69, 9.17) is 0 Å². The van der Waals surface area contributed by atoms with Gasteiger partial charge in [0.1, 0.15) is 0 Å². The third kappa shape index (κ3) is 5.92. The lowest BCUT2D eigenvalue weighted by Crippen LogP contribution is -2.29. The highest BCUT2D eigenvalue weighted by Gasteiger charge is 2.13. The standard InChI is InChI=1S/C12H27NS/c1-6-8-9-12(7-2)10-13(14-5)11(3)4/h11-12H,6-10H2,1-5H3. The van der Waals surface area contributed by atoms with Crippen LogP contribution in [0.15, 0.2) is 0 Å². The lowest BCUT2D eigenvalue weighted by molar-refractivity contribution is 0.305. The zero-order valence-electron chi connectivity index (χ0n) is 10.5. The van der Waals surface area contributed by atoms with E-state index in [0.717, 1.165) is 5.92 Å². The highest BCUT2D eigenvalue weighted by Crippen LogP contribution is 2.19. The van der Waals surface area contributed by atoms with E-state index in [0.29, 0.717) is 6.04 Å². The molecule has 86 valence electrons. The van der Waals surface area contributed by atoms with Crippen LogP contribution in [0.25, 0.3) is 0 Å². The molecule has 0 aromatic rings. The van der Waals surface area contributed by atoms with E-state index >= 15 is 0 Å². The second-order valence-corrected chi connectivity index (χ2v) is 5.13. The normalized spacial score (nSPS) is 13.9. The monoisotopic (exact) mass is 217 g/mol. The number of unbranched alkanes of at least 4 members (excludes halogenated alkanes) is 1. The van der Waals surface area contributed by atoms with Crippen LogP contribution in [-0.4, -0.2) is 23.1 Å². The first-order valence-corrected chi connectivity index (χ1v) is 7.14. The van der Waals surface area contributed by atoms with Crippen molar-refractivity contribution in [3.63, 3.8) is 0 Å². The van der Waals surface area contributed by atoms with Gasteiger partial charge in [-0.3, -0.25) is 0 Å². The summed E-state index contributed by atoms with van der Waals surface area (Å²) in [5, 5.41) is 0. The van der Waals surface area contributed by atoms with Crippen molar-refractivity contribution in [3.05, 3.63) is 0 Å². The average molecular weight is 217 g/mol. The molecule has 1 atom stereocenters. The molecule has 0 fully saturated rings. The second kappa shape index (κ2) is 8.60. The Balaban J connectivity index is 3.87. The maximum atomic E-state index is 2.50. The fourth-order valence-corrected chi connectivity index (χ4v) is 2.45. The first kappa shape index (κ1) is 14.3. The van der Waals surface area contributed by atoms with E-state index in [1.165, 1.54) is 32.2 Å². The summed E-state index contributed by atoms with van der Waals surface area (Å²) in [4.78, 5) is 0. The molecular formula is C12H27NS. The minimum atomic E-state index is 0.667. The van der Waals surface area contributed by atoms with E-state index < -0.39 is 0 Å². The summed E-state index contributed by atoms with van der Waals surface area (Å²) in [7, 11) is 0. The summed E-state index contributed by atoms with van der Waals surface area (Å²) in [5.74, 6) is 0.893. The maximum Gasteiger partial charge on any atom is 0.0146 e. The summed E-state index contributed by atoms with van der Waals surface area (Å²) < 4.78 is 2.50. The zero-order valence-corrected chi connectivity index (χ0v) is 11.4. The lowest BCUT2D eigenvalue weighted by atomic mass is 9.99. The van der Waals surface area contributed by atoms with Gasteiger partial charge in [0, 0.05) is 12.6 Å². The van der Waals surface area contributed by atoms with Gasteiger partial charge in [-0.15, -0.1) is 0 Å². The highest BCUT2D eigenvalue weighted by atomic mass is 32.2. The van der Waals surface area contributed by atoms with Gasteiger partial charge in [0.2, 0.25) is 0 Å². The quantitative estimate of drug-likeness (QED) is 0.561. The fraction of sp³-hybridized carbons (Fsp3) is 1.00. The van der Waals surface area contributed by atoms with Crippen molar-refractivity contribution < 1.29 is 0 Å². The molecule has 0 saturated heterocycles. The van der Waals surface area contributed by atoms with E-state index in [9.17, 15) is 0 Å². The Morgan fingerprint density at radius 1 is 1.21 bits per heavy atom. The van der Waals surface area contributed by atoms with Gasteiger partial charge in [-0.2, -0.15) is 0 Å². The number of hydrogen-bond donors (Lipinski definition) is 0. The van der Waals surface area contributed by atoms with Crippen molar-refractivity contribution in [2.24, 2.45) is 5.92 Å². The van der Waals surface area contributed by atoms with Gasteiger partial charge in [-0.05, 0) is 32.4 Å². The van der Waals surface area contributed by atoms with E-state index in [1.54, 1.807) is 0 Å². The van der Waals surface area contributed by atoms with Gasteiger partial charge in [-0.25, -0.2) is 4.31 Å². The summed E-state index contributed by atoms with van der Waals surface area (Å²) in [5.41, 5.74) is 0. The van der Waals surface area contributed by atoms with Gasteiger partial charge < -0.3 is 0 Å². The Morgan fingerprint density at radius 2 is 1.86 bits per heavy atom. The first-order valence-electron chi connectivity index (χ1n) is 5.96. The lowest BCUT2D eigenvalue weighted by Gasteiger charge is -2.27. The van der Waals surface area contributed by atoms with Gasteiger partial charge in [0.25, 0.3) is 0 Å². The Hall–Kier alpha value is 0.310. The molecule has 0 aromatic carbocycles. The smallest absolute Gasteiger partial charge is 0.0146 e. The average Bonchev–Trinajstić information content (AvgIpc) is 2.18. The summed E-state index contributed by atoms with van der Waals surface area (Å²) >= 11 is 1.89. The van der Waals surface area contributed by atoms with Crippen LogP contribution < -0.4 is 0 Å². The van der Waals surface area contributed by atoms with Crippen molar-refractivity contribution >= 4 is 11.9 Å². The molecule has 0 aliphatic carbocycles. The van der Waals surface area contributed by atoms with Crippen molar-refractivity contribution in [2.45, 2.75) is 59.4 Å². The van der Waals surface area contributed by atoms with Crippen molar-refractivity contribution in [1.82, 2.24) is 4.31 Å². The second-order valence-electron chi connectivity index (χ2n) is 4.29. The Bertz CT molecular complexity index is 125. The SMILES string of the molecule is CCCCC(CC)CN(SC)C(C)C. The summed E-state index contributed by atoms with van der Waals surface area (Å²) in [6, 6.07) is 0.667. The molecule has 0 saturated carbocycles. The molecule has 0 heterocycles. The third-order valence-corrected chi connectivity index (χ3v) is 3.83. The van der Waals surface area contributed by atoms with Crippen LogP contribution in [0.1, 0.15) is 53.4 Å². The van der Waals surface area contributed by atoms with Crippen LogP contribution in [0.3, 0.4) is 0 Å². The maximum absolute atomic E-state index is 2.50. The van der Waals surface area contributed by atoms with Gasteiger partial charge in [0.05, 0.1) is 0 Å². The Kier molecular flexibility index (Phi) is 8.80. The molecular weight excluding hydrogens is 190 g/mol. The molecule has 2 heteroatoms. The van der Waals surface area contributed by atoms with Crippen molar-refractivity contribution in [3.8, 4) is 0 Å². The fourth-order valence-electron chi connectivity index (χ4n) is 1.67. The topological polar surface area (TPSA) is 3.24 Å². The third-order valence-electron chi connectivity index (χ3n) is 2.79. The minimum Gasteiger partial charge on any atom is -0.248 e. The van der Waals surface area contributed by atoms with E-state index in [-0.39, 0.29) is 0 Å². The van der Waals surface area contributed by atoms with Crippen LogP contribution in [0.4, 0.5) is 0 Å². The van der Waals surface area contributed by atoms with Crippen LogP contribution in [-0.2, 0) is 0 Å². The molecule has 0 rings (SSSR count).